The summed E-state index contributed by atoms with van der Waals surface area (Å²) >= 11 is 0. The first kappa shape index (κ1) is 78.6. The highest BCUT2D eigenvalue weighted by Crippen LogP contribution is 2.18. The van der Waals surface area contributed by atoms with Crippen molar-refractivity contribution in [2.24, 2.45) is 0 Å². The predicted octanol–water partition coefficient (Wildman–Crippen LogP) is 23.4. The van der Waals surface area contributed by atoms with E-state index in [1.54, 1.807) is 6.08 Å². The summed E-state index contributed by atoms with van der Waals surface area (Å²) in [5.74, 6) is -0.0612. The number of hydrogen-bond donors (Lipinski definition) is 3. The number of allylic oxidation sites excluding steroid dienone is 9. The Morgan fingerprint density at radius 3 is 0.988 bits per heavy atom. The van der Waals surface area contributed by atoms with Crippen molar-refractivity contribution in [3.05, 3.63) is 60.8 Å². The average molecular weight is 1130 g/mol. The maximum Gasteiger partial charge on any atom is 0.305 e. The van der Waals surface area contributed by atoms with Gasteiger partial charge in [-0.05, 0) is 89.9 Å². The highest BCUT2D eigenvalue weighted by molar-refractivity contribution is 5.76. The largest absolute Gasteiger partial charge is 0.466 e. The number of ether oxygens (including phenoxy) is 1. The van der Waals surface area contributed by atoms with Crippen LogP contribution in [0.2, 0.25) is 0 Å². The van der Waals surface area contributed by atoms with Crippen LogP contribution in [0.3, 0.4) is 0 Å². The number of nitrogens with one attached hydrogen (secondary N) is 1. The number of carbonyl (C=O) groups excluding carboxylic acids is 2. The Hall–Kier alpha value is -2.44. The lowest BCUT2D eigenvalue weighted by atomic mass is 10.0. The van der Waals surface area contributed by atoms with E-state index in [-0.39, 0.29) is 18.5 Å². The van der Waals surface area contributed by atoms with Crippen molar-refractivity contribution in [2.75, 3.05) is 13.2 Å². The van der Waals surface area contributed by atoms with Crippen LogP contribution in [0.5, 0.6) is 0 Å². The molecule has 0 bridgehead atoms. The molecule has 0 radical (unpaired) electrons. The van der Waals surface area contributed by atoms with Crippen LogP contribution in [-0.2, 0) is 14.3 Å². The molecule has 0 spiro atoms. The van der Waals surface area contributed by atoms with Gasteiger partial charge in [0.15, 0.2) is 0 Å². The predicted molar refractivity (Wildman–Crippen MR) is 356 cm³/mol. The molecular formula is C75H139NO5. The van der Waals surface area contributed by atoms with E-state index in [1.165, 1.54) is 295 Å². The van der Waals surface area contributed by atoms with E-state index in [2.05, 4.69) is 67.8 Å². The fraction of sp³-hybridized carbons (Fsp3) is 0.840. The first-order valence-corrected chi connectivity index (χ1v) is 36.1. The summed E-state index contributed by atoms with van der Waals surface area (Å²) in [6, 6.07) is -0.626. The Morgan fingerprint density at radius 1 is 0.346 bits per heavy atom. The van der Waals surface area contributed by atoms with Gasteiger partial charge in [-0.25, -0.2) is 0 Å². The van der Waals surface area contributed by atoms with E-state index in [9.17, 15) is 19.8 Å². The van der Waals surface area contributed by atoms with Gasteiger partial charge in [-0.3, -0.25) is 9.59 Å². The normalized spacial score (nSPS) is 12.9. The van der Waals surface area contributed by atoms with Crippen molar-refractivity contribution in [1.29, 1.82) is 0 Å². The minimum Gasteiger partial charge on any atom is -0.466 e. The Bertz CT molecular complexity index is 1400. The lowest BCUT2D eigenvalue weighted by Gasteiger charge is -2.20. The zero-order valence-electron chi connectivity index (χ0n) is 54.3. The molecule has 0 aromatic carbocycles. The van der Waals surface area contributed by atoms with Crippen LogP contribution < -0.4 is 5.32 Å². The van der Waals surface area contributed by atoms with Crippen molar-refractivity contribution in [2.45, 2.75) is 392 Å². The van der Waals surface area contributed by atoms with Gasteiger partial charge in [0.1, 0.15) is 0 Å². The van der Waals surface area contributed by atoms with Crippen LogP contribution in [0.4, 0.5) is 0 Å². The minimum atomic E-state index is -0.843. The first-order valence-electron chi connectivity index (χ1n) is 36.1. The van der Waals surface area contributed by atoms with E-state index in [0.29, 0.717) is 19.4 Å². The molecule has 6 nitrogen and oxygen atoms in total. The third-order valence-electron chi connectivity index (χ3n) is 16.5. The van der Waals surface area contributed by atoms with E-state index in [4.69, 9.17) is 4.74 Å². The van der Waals surface area contributed by atoms with Gasteiger partial charge in [-0.15, -0.1) is 0 Å². The number of rotatable bonds is 67. The van der Waals surface area contributed by atoms with Crippen molar-refractivity contribution in [3.8, 4) is 0 Å². The fourth-order valence-corrected chi connectivity index (χ4v) is 11.0. The average Bonchev–Trinajstić information content (AvgIpc) is 3.47. The molecule has 0 aliphatic carbocycles. The van der Waals surface area contributed by atoms with Crippen LogP contribution in [0, 0.1) is 0 Å². The van der Waals surface area contributed by atoms with Crippen molar-refractivity contribution in [1.82, 2.24) is 5.32 Å². The van der Waals surface area contributed by atoms with Gasteiger partial charge >= 0.3 is 5.97 Å². The number of hydrogen-bond acceptors (Lipinski definition) is 5. The van der Waals surface area contributed by atoms with Gasteiger partial charge in [-0.2, -0.15) is 0 Å². The third-order valence-corrected chi connectivity index (χ3v) is 16.5. The summed E-state index contributed by atoms with van der Waals surface area (Å²) in [7, 11) is 0. The second kappa shape index (κ2) is 70.0. The van der Waals surface area contributed by atoms with Crippen molar-refractivity contribution in [3.63, 3.8) is 0 Å². The van der Waals surface area contributed by atoms with Gasteiger partial charge < -0.3 is 20.3 Å². The molecule has 0 fully saturated rings. The highest BCUT2D eigenvalue weighted by atomic mass is 16.5. The van der Waals surface area contributed by atoms with Gasteiger partial charge in [0.25, 0.3) is 0 Å². The van der Waals surface area contributed by atoms with Crippen molar-refractivity contribution < 1.29 is 24.5 Å². The number of amides is 1. The SMILES string of the molecule is CCC/C=C\C/C=C\CCCCCCCC(=O)OCCCCCCCCCCCCCCC/C=C\C/C=C\CCCCCCCCCCCCCCCCCCCC(=O)NC(CO)C(O)/C=C/CCCCCCCCCCCCCC. The quantitative estimate of drug-likeness (QED) is 0.0320. The van der Waals surface area contributed by atoms with E-state index < -0.39 is 12.1 Å². The van der Waals surface area contributed by atoms with Gasteiger partial charge in [0.2, 0.25) is 5.91 Å². The molecule has 2 unspecified atom stereocenters. The Morgan fingerprint density at radius 2 is 0.642 bits per heavy atom. The number of aliphatic hydroxyl groups is 2. The molecule has 3 N–H and O–H groups in total. The zero-order chi connectivity index (χ0) is 58.5. The summed E-state index contributed by atoms with van der Waals surface area (Å²) in [5, 5.41) is 23.1. The van der Waals surface area contributed by atoms with Gasteiger partial charge in [-0.1, -0.05) is 338 Å². The van der Waals surface area contributed by atoms with Crippen LogP contribution >= 0.6 is 0 Å². The van der Waals surface area contributed by atoms with Crippen molar-refractivity contribution >= 4 is 11.9 Å². The summed E-state index contributed by atoms with van der Waals surface area (Å²) in [6.07, 6.45) is 93.2. The molecule has 0 aromatic rings. The summed E-state index contributed by atoms with van der Waals surface area (Å²) in [6.45, 7) is 4.85. The molecule has 0 rings (SSSR count). The number of unbranched alkanes of at least 4 members (excludes halogenated alkanes) is 48. The fourth-order valence-electron chi connectivity index (χ4n) is 11.0. The molecule has 0 aromatic heterocycles. The smallest absolute Gasteiger partial charge is 0.305 e. The lowest BCUT2D eigenvalue weighted by molar-refractivity contribution is -0.143. The maximum absolute atomic E-state index is 12.5. The Labute approximate surface area is 505 Å². The van der Waals surface area contributed by atoms with Gasteiger partial charge in [0, 0.05) is 12.8 Å². The molecule has 474 valence electrons. The number of aliphatic hydroxyl groups excluding tert-OH is 2. The number of esters is 1. The molecule has 0 aliphatic heterocycles. The second-order valence-corrected chi connectivity index (χ2v) is 24.6. The summed E-state index contributed by atoms with van der Waals surface area (Å²) in [4.78, 5) is 24.5. The Kier molecular flexibility index (Phi) is 67.9. The molecule has 0 saturated heterocycles. The minimum absolute atomic E-state index is 0.00289. The molecular weight excluding hydrogens is 995 g/mol. The van der Waals surface area contributed by atoms with Crippen LogP contribution in [0.1, 0.15) is 380 Å². The summed E-state index contributed by atoms with van der Waals surface area (Å²) < 4.78 is 5.48. The molecule has 2 atom stereocenters. The standard InChI is InChI=1S/C75H139NO5/c1-3-5-7-9-11-13-15-17-44-47-51-55-59-63-67-73(78)72(71-77)76-74(79)68-64-60-56-52-48-45-41-39-37-35-33-31-29-27-25-23-21-19-18-20-22-24-26-28-30-32-34-36-38-40-42-46-50-54-58-62-66-70-81-75(80)69-65-61-57-53-49-43-16-14-12-10-8-6-4-2/h8,10,14,16,18,20,24,26,63,67,72-73,77-78H,3-7,9,11-13,15,17,19,21-23,25,27-62,64-66,68-71H2,1-2H3,(H,76,79)/b10-8-,16-14-,20-18-,26-24-,67-63+. The monoisotopic (exact) mass is 1130 g/mol. The zero-order valence-corrected chi connectivity index (χ0v) is 54.3. The van der Waals surface area contributed by atoms with E-state index in [1.807, 2.05) is 6.08 Å². The van der Waals surface area contributed by atoms with Crippen LogP contribution in [0.25, 0.3) is 0 Å². The second-order valence-electron chi connectivity index (χ2n) is 24.6. The van der Waals surface area contributed by atoms with Gasteiger partial charge in [0.05, 0.1) is 25.4 Å². The molecule has 6 heteroatoms. The van der Waals surface area contributed by atoms with E-state index >= 15 is 0 Å². The van der Waals surface area contributed by atoms with E-state index in [0.717, 1.165) is 57.8 Å². The van der Waals surface area contributed by atoms with Crippen LogP contribution in [-0.4, -0.2) is 47.4 Å². The van der Waals surface area contributed by atoms with Crippen LogP contribution in [0.15, 0.2) is 60.8 Å². The highest BCUT2D eigenvalue weighted by Gasteiger charge is 2.18. The Balaban J connectivity index is 3.38. The molecule has 1 amide bonds. The first-order chi connectivity index (χ1) is 40.0. The molecule has 0 heterocycles. The molecule has 81 heavy (non-hydrogen) atoms. The third kappa shape index (κ3) is 66.6. The summed E-state index contributed by atoms with van der Waals surface area (Å²) in [5.41, 5.74) is 0. The molecule has 0 saturated carbocycles. The number of carbonyl (C=O) groups is 2. The molecule has 0 aliphatic rings. The maximum atomic E-state index is 12.5. The topological polar surface area (TPSA) is 95.9 Å². The lowest BCUT2D eigenvalue weighted by Crippen LogP contribution is -2.45.